The van der Waals surface area contributed by atoms with Gasteiger partial charge in [0, 0.05) is 18.4 Å². The number of aromatic nitrogens is 1. The lowest BCUT2D eigenvalue weighted by Crippen LogP contribution is -2.35. The predicted molar refractivity (Wildman–Crippen MR) is 85.0 cm³/mol. The molecule has 4 nitrogen and oxygen atoms in total. The zero-order chi connectivity index (χ0) is 14.9. The molecule has 0 saturated carbocycles. The summed E-state index contributed by atoms with van der Waals surface area (Å²) in [6.07, 6.45) is 7.73. The maximum absolute atomic E-state index is 5.66. The van der Waals surface area contributed by atoms with E-state index in [0.29, 0.717) is 6.04 Å². The second-order valence-electron chi connectivity index (χ2n) is 5.14. The van der Waals surface area contributed by atoms with E-state index < -0.39 is 0 Å². The number of hydrazine groups is 1. The van der Waals surface area contributed by atoms with Gasteiger partial charge in [0.15, 0.2) is 0 Å². The molecule has 2 aromatic rings. The molecule has 1 unspecified atom stereocenters. The molecular weight excluding hydrogens is 262 g/mol. The van der Waals surface area contributed by atoms with Gasteiger partial charge in [-0.2, -0.15) is 0 Å². The van der Waals surface area contributed by atoms with Crippen LogP contribution in [0.1, 0.15) is 24.0 Å². The van der Waals surface area contributed by atoms with Gasteiger partial charge in [-0.3, -0.25) is 16.3 Å². The van der Waals surface area contributed by atoms with Crippen LogP contribution in [0.2, 0.25) is 0 Å². The maximum atomic E-state index is 5.66. The van der Waals surface area contributed by atoms with Crippen molar-refractivity contribution >= 4 is 0 Å². The van der Waals surface area contributed by atoms with Crippen LogP contribution in [-0.4, -0.2) is 18.1 Å². The number of ether oxygens (including phenoxy) is 1. The van der Waals surface area contributed by atoms with Gasteiger partial charge in [0.1, 0.15) is 5.75 Å². The van der Waals surface area contributed by atoms with Crippen LogP contribution >= 0.6 is 0 Å². The van der Waals surface area contributed by atoms with E-state index in [9.17, 15) is 0 Å². The topological polar surface area (TPSA) is 60.2 Å². The molecule has 4 heteroatoms. The first-order chi connectivity index (χ1) is 10.3. The summed E-state index contributed by atoms with van der Waals surface area (Å²) in [4.78, 5) is 4.03. The summed E-state index contributed by atoms with van der Waals surface area (Å²) >= 11 is 0. The van der Waals surface area contributed by atoms with Gasteiger partial charge in [0.2, 0.25) is 0 Å². The predicted octanol–water partition coefficient (Wildman–Crippen LogP) is 2.49. The number of nitrogens with two attached hydrogens (primary N) is 1. The van der Waals surface area contributed by atoms with Crippen molar-refractivity contribution < 1.29 is 4.74 Å². The van der Waals surface area contributed by atoms with Crippen molar-refractivity contribution in [1.29, 1.82) is 0 Å². The van der Waals surface area contributed by atoms with Gasteiger partial charge < -0.3 is 4.74 Å². The maximum Gasteiger partial charge on any atom is 0.118 e. The minimum Gasteiger partial charge on any atom is -0.497 e. The lowest BCUT2D eigenvalue weighted by Gasteiger charge is -2.16. The average Bonchev–Trinajstić information content (AvgIpc) is 2.56. The molecule has 3 N–H and O–H groups in total. The van der Waals surface area contributed by atoms with Crippen molar-refractivity contribution in [2.24, 2.45) is 5.84 Å². The summed E-state index contributed by atoms with van der Waals surface area (Å²) in [7, 11) is 1.68. The molecule has 1 heterocycles. The fourth-order valence-electron chi connectivity index (χ4n) is 2.33. The molecule has 0 fully saturated rings. The van der Waals surface area contributed by atoms with Crippen LogP contribution < -0.4 is 16.0 Å². The molecule has 21 heavy (non-hydrogen) atoms. The van der Waals surface area contributed by atoms with Gasteiger partial charge in [0.25, 0.3) is 0 Å². The number of pyridine rings is 1. The molecule has 0 saturated heterocycles. The van der Waals surface area contributed by atoms with Crippen molar-refractivity contribution in [2.75, 3.05) is 7.11 Å². The minimum atomic E-state index is 0.320. The van der Waals surface area contributed by atoms with E-state index in [-0.39, 0.29) is 0 Å². The molecule has 1 aromatic heterocycles. The van der Waals surface area contributed by atoms with Gasteiger partial charge in [-0.15, -0.1) is 0 Å². The van der Waals surface area contributed by atoms with Gasteiger partial charge in [-0.05, 0) is 61.1 Å². The number of nitrogens with zero attached hydrogens (tertiary/aromatic N) is 1. The average molecular weight is 285 g/mol. The Balaban J connectivity index is 1.79. The second-order valence-corrected chi connectivity index (χ2v) is 5.14. The standard InChI is InChI=1S/C17H23N3O/c1-21-17-8-4-14(5-9-17)2-6-16(20-18)7-3-15-10-12-19-13-11-15/h4-5,8-13,16,20H,2-3,6-7,18H2,1H3. The molecule has 0 spiro atoms. The van der Waals surface area contributed by atoms with E-state index >= 15 is 0 Å². The highest BCUT2D eigenvalue weighted by molar-refractivity contribution is 5.27. The van der Waals surface area contributed by atoms with Crippen molar-refractivity contribution in [3.8, 4) is 5.75 Å². The number of hydrogen-bond acceptors (Lipinski definition) is 4. The molecule has 1 atom stereocenters. The first-order valence-electron chi connectivity index (χ1n) is 7.30. The van der Waals surface area contributed by atoms with Crippen LogP contribution in [0.15, 0.2) is 48.8 Å². The molecule has 0 aliphatic heterocycles. The first kappa shape index (κ1) is 15.5. The molecule has 0 aliphatic rings. The van der Waals surface area contributed by atoms with E-state index in [1.807, 2.05) is 24.5 Å². The Morgan fingerprint density at radius 1 is 1.00 bits per heavy atom. The zero-order valence-corrected chi connectivity index (χ0v) is 12.5. The van der Waals surface area contributed by atoms with E-state index in [1.54, 1.807) is 7.11 Å². The Morgan fingerprint density at radius 2 is 1.57 bits per heavy atom. The van der Waals surface area contributed by atoms with Gasteiger partial charge in [-0.1, -0.05) is 12.1 Å². The van der Waals surface area contributed by atoms with Gasteiger partial charge >= 0.3 is 0 Å². The Hall–Kier alpha value is -1.91. The fourth-order valence-corrected chi connectivity index (χ4v) is 2.33. The summed E-state index contributed by atoms with van der Waals surface area (Å²) < 4.78 is 5.17. The number of hydrogen-bond donors (Lipinski definition) is 2. The highest BCUT2D eigenvalue weighted by Crippen LogP contribution is 2.14. The molecule has 0 amide bonds. The van der Waals surface area contributed by atoms with Crippen molar-refractivity contribution in [2.45, 2.75) is 31.7 Å². The quantitative estimate of drug-likeness (QED) is 0.578. The van der Waals surface area contributed by atoms with E-state index in [1.165, 1.54) is 11.1 Å². The molecule has 1 aromatic carbocycles. The third kappa shape index (κ3) is 5.17. The highest BCUT2D eigenvalue weighted by atomic mass is 16.5. The van der Waals surface area contributed by atoms with Crippen molar-refractivity contribution in [3.63, 3.8) is 0 Å². The number of methoxy groups -OCH3 is 1. The van der Waals surface area contributed by atoms with Gasteiger partial charge in [0.05, 0.1) is 7.11 Å². The van der Waals surface area contributed by atoms with Crippen LogP contribution in [0.25, 0.3) is 0 Å². The highest BCUT2D eigenvalue weighted by Gasteiger charge is 2.07. The van der Waals surface area contributed by atoms with Crippen molar-refractivity contribution in [1.82, 2.24) is 10.4 Å². The number of rotatable bonds is 8. The summed E-state index contributed by atoms with van der Waals surface area (Å²) in [5.74, 6) is 6.56. The normalized spacial score (nSPS) is 12.1. The summed E-state index contributed by atoms with van der Waals surface area (Å²) in [5.41, 5.74) is 5.53. The zero-order valence-electron chi connectivity index (χ0n) is 12.5. The molecular formula is C17H23N3O. The number of benzene rings is 1. The third-order valence-electron chi connectivity index (χ3n) is 3.71. The van der Waals surface area contributed by atoms with Crippen LogP contribution in [0.4, 0.5) is 0 Å². The van der Waals surface area contributed by atoms with Crippen molar-refractivity contribution in [3.05, 3.63) is 59.9 Å². The minimum absolute atomic E-state index is 0.320. The van der Waals surface area contributed by atoms with E-state index in [4.69, 9.17) is 10.6 Å². The Labute approximate surface area is 126 Å². The summed E-state index contributed by atoms with van der Waals surface area (Å²) in [6.45, 7) is 0. The van der Waals surface area contributed by atoms with Gasteiger partial charge in [-0.25, -0.2) is 0 Å². The molecule has 112 valence electrons. The molecule has 0 aliphatic carbocycles. The lowest BCUT2D eigenvalue weighted by molar-refractivity contribution is 0.414. The lowest BCUT2D eigenvalue weighted by atomic mass is 10.00. The second kappa shape index (κ2) is 8.39. The summed E-state index contributed by atoms with van der Waals surface area (Å²) in [5, 5.41) is 0. The van der Waals surface area contributed by atoms with E-state index in [0.717, 1.165) is 31.4 Å². The molecule has 0 bridgehead atoms. The Kier molecular flexibility index (Phi) is 6.19. The third-order valence-corrected chi connectivity index (χ3v) is 3.71. The van der Waals surface area contributed by atoms with Crippen LogP contribution in [0.3, 0.4) is 0 Å². The Bertz CT molecular complexity index is 513. The Morgan fingerprint density at radius 3 is 2.10 bits per heavy atom. The molecule has 0 radical (unpaired) electrons. The number of nitrogens with one attached hydrogen (secondary N) is 1. The van der Waals surface area contributed by atoms with E-state index in [2.05, 4.69) is 34.7 Å². The largest absolute Gasteiger partial charge is 0.497 e. The monoisotopic (exact) mass is 285 g/mol. The first-order valence-corrected chi connectivity index (χ1v) is 7.30. The van der Waals surface area contributed by atoms with Crippen LogP contribution in [0, 0.1) is 0 Å². The van der Waals surface area contributed by atoms with Crippen LogP contribution in [-0.2, 0) is 12.8 Å². The SMILES string of the molecule is COc1ccc(CCC(CCc2ccncc2)NN)cc1. The number of aryl methyl sites for hydroxylation is 2. The smallest absolute Gasteiger partial charge is 0.118 e. The molecule has 2 rings (SSSR count). The fraction of sp³-hybridized carbons (Fsp3) is 0.353. The van der Waals surface area contributed by atoms with Crippen LogP contribution in [0.5, 0.6) is 5.75 Å². The summed E-state index contributed by atoms with van der Waals surface area (Å²) in [6, 6.07) is 12.6.